The van der Waals surface area contributed by atoms with Crippen molar-refractivity contribution < 1.29 is 0 Å². The lowest BCUT2D eigenvalue weighted by atomic mass is 10.2. The van der Waals surface area contributed by atoms with Crippen molar-refractivity contribution in [2.24, 2.45) is 0 Å². The van der Waals surface area contributed by atoms with Gasteiger partial charge in [0, 0.05) is 12.1 Å². The van der Waals surface area contributed by atoms with Crippen molar-refractivity contribution in [2.75, 3.05) is 7.05 Å². The molecule has 1 aliphatic rings. The minimum atomic E-state index is 0.824. The molecule has 48 valence electrons. The average Bonchev–Trinajstić information content (AvgIpc) is 1.98. The van der Waals surface area contributed by atoms with Gasteiger partial charge in [0.15, 0.2) is 0 Å². The molecule has 0 aromatic rings. The quantitative estimate of drug-likeness (QED) is 0.460. The monoisotopic (exact) mass is 113 g/mol. The van der Waals surface area contributed by atoms with Crippen LogP contribution in [0.25, 0.3) is 0 Å². The summed E-state index contributed by atoms with van der Waals surface area (Å²) in [6.07, 6.45) is 2.77. The summed E-state index contributed by atoms with van der Waals surface area (Å²) in [5.74, 6) is 0. The average molecular weight is 113 g/mol. The zero-order valence-corrected chi connectivity index (χ0v) is 6.02. The molecule has 0 aromatic carbocycles. The fraction of sp³-hybridized carbons (Fsp3) is 1.00. The normalized spacial score (nSPS) is 40.9. The summed E-state index contributed by atoms with van der Waals surface area (Å²) < 4.78 is 0. The minimum Gasteiger partial charge on any atom is -0.301 e. The smallest absolute Gasteiger partial charge is 0.00672 e. The highest BCUT2D eigenvalue weighted by molar-refractivity contribution is 4.78. The van der Waals surface area contributed by atoms with Crippen LogP contribution in [0.5, 0.6) is 0 Å². The molecule has 1 rings (SSSR count). The van der Waals surface area contributed by atoms with E-state index in [0.717, 1.165) is 12.1 Å². The molecule has 0 aliphatic carbocycles. The van der Waals surface area contributed by atoms with Gasteiger partial charge in [-0.25, -0.2) is 0 Å². The van der Waals surface area contributed by atoms with Crippen LogP contribution in [0.1, 0.15) is 26.7 Å². The SMILES string of the molecule is C[C@@H]1CC[C@H](C)N1C. The van der Waals surface area contributed by atoms with E-state index in [0.29, 0.717) is 0 Å². The van der Waals surface area contributed by atoms with Gasteiger partial charge in [-0.1, -0.05) is 0 Å². The molecule has 8 heavy (non-hydrogen) atoms. The molecule has 0 spiro atoms. The summed E-state index contributed by atoms with van der Waals surface area (Å²) >= 11 is 0. The van der Waals surface area contributed by atoms with Gasteiger partial charge < -0.3 is 4.90 Å². The molecule has 0 unspecified atom stereocenters. The third-order valence-electron chi connectivity index (χ3n) is 2.39. The Labute approximate surface area is 51.7 Å². The molecule has 0 bridgehead atoms. The van der Waals surface area contributed by atoms with E-state index in [1.807, 2.05) is 0 Å². The lowest BCUT2D eigenvalue weighted by Crippen LogP contribution is -2.27. The lowest BCUT2D eigenvalue weighted by molar-refractivity contribution is 0.267. The van der Waals surface area contributed by atoms with Gasteiger partial charge in [0.1, 0.15) is 0 Å². The fourth-order valence-electron chi connectivity index (χ4n) is 1.32. The first-order valence-corrected chi connectivity index (χ1v) is 3.43. The summed E-state index contributed by atoms with van der Waals surface area (Å²) in [6.45, 7) is 4.59. The van der Waals surface area contributed by atoms with Crippen LogP contribution >= 0.6 is 0 Å². The molecule has 1 saturated heterocycles. The van der Waals surface area contributed by atoms with Gasteiger partial charge in [0.2, 0.25) is 0 Å². The van der Waals surface area contributed by atoms with Gasteiger partial charge >= 0.3 is 0 Å². The van der Waals surface area contributed by atoms with Gasteiger partial charge in [0.25, 0.3) is 0 Å². The van der Waals surface area contributed by atoms with Crippen molar-refractivity contribution in [3.63, 3.8) is 0 Å². The molecule has 1 nitrogen and oxygen atoms in total. The molecule has 1 heterocycles. The van der Waals surface area contributed by atoms with Crippen molar-refractivity contribution >= 4 is 0 Å². The Kier molecular flexibility index (Phi) is 1.57. The third-order valence-corrected chi connectivity index (χ3v) is 2.39. The highest BCUT2D eigenvalue weighted by Crippen LogP contribution is 2.20. The summed E-state index contributed by atoms with van der Waals surface area (Å²) in [7, 11) is 2.21. The first-order valence-electron chi connectivity index (χ1n) is 3.43. The third kappa shape index (κ3) is 0.873. The van der Waals surface area contributed by atoms with Crippen molar-refractivity contribution in [3.05, 3.63) is 0 Å². The predicted molar refractivity (Wildman–Crippen MR) is 35.9 cm³/mol. The summed E-state index contributed by atoms with van der Waals surface area (Å²) in [6, 6.07) is 1.65. The number of rotatable bonds is 0. The highest BCUT2D eigenvalue weighted by Gasteiger charge is 2.22. The summed E-state index contributed by atoms with van der Waals surface area (Å²) in [5, 5.41) is 0. The Balaban J connectivity index is 2.44. The van der Waals surface area contributed by atoms with Crippen LogP contribution in [-0.4, -0.2) is 24.0 Å². The van der Waals surface area contributed by atoms with Gasteiger partial charge in [-0.3, -0.25) is 0 Å². The van der Waals surface area contributed by atoms with Gasteiger partial charge in [-0.2, -0.15) is 0 Å². The maximum absolute atomic E-state index is 2.44. The van der Waals surface area contributed by atoms with Crippen molar-refractivity contribution in [1.82, 2.24) is 4.90 Å². The first-order chi connectivity index (χ1) is 3.72. The molecule has 0 aromatic heterocycles. The Morgan fingerprint density at radius 2 is 1.50 bits per heavy atom. The van der Waals surface area contributed by atoms with E-state index in [-0.39, 0.29) is 0 Å². The Morgan fingerprint density at radius 3 is 1.62 bits per heavy atom. The van der Waals surface area contributed by atoms with Crippen molar-refractivity contribution in [2.45, 2.75) is 38.8 Å². The Morgan fingerprint density at radius 1 is 1.12 bits per heavy atom. The molecule has 0 N–H and O–H groups in total. The van der Waals surface area contributed by atoms with Gasteiger partial charge in [0.05, 0.1) is 0 Å². The molecule has 2 atom stereocenters. The van der Waals surface area contributed by atoms with Gasteiger partial charge in [-0.05, 0) is 33.7 Å². The maximum atomic E-state index is 2.44. The molecule has 0 saturated carbocycles. The number of likely N-dealkylation sites (tertiary alicyclic amines) is 1. The zero-order valence-electron chi connectivity index (χ0n) is 6.02. The van der Waals surface area contributed by atoms with E-state index in [1.54, 1.807) is 0 Å². The van der Waals surface area contributed by atoms with E-state index in [1.165, 1.54) is 12.8 Å². The lowest BCUT2D eigenvalue weighted by Gasteiger charge is -2.18. The van der Waals surface area contributed by atoms with E-state index >= 15 is 0 Å². The van der Waals surface area contributed by atoms with Crippen LogP contribution in [0.2, 0.25) is 0 Å². The molecule has 1 heteroatoms. The molecular formula is C7H15N. The van der Waals surface area contributed by atoms with E-state index in [4.69, 9.17) is 0 Å². The summed E-state index contributed by atoms with van der Waals surface area (Å²) in [4.78, 5) is 2.44. The predicted octanol–water partition coefficient (Wildman–Crippen LogP) is 1.49. The minimum absolute atomic E-state index is 0.824. The standard InChI is InChI=1S/C7H15N/c1-6-4-5-7(2)8(6)3/h6-7H,4-5H2,1-3H3/t6-,7+. The topological polar surface area (TPSA) is 3.24 Å². The van der Waals surface area contributed by atoms with Gasteiger partial charge in [-0.15, -0.1) is 0 Å². The highest BCUT2D eigenvalue weighted by atomic mass is 15.2. The zero-order chi connectivity index (χ0) is 6.15. The van der Waals surface area contributed by atoms with Crippen LogP contribution in [0, 0.1) is 0 Å². The number of hydrogen-bond donors (Lipinski definition) is 0. The van der Waals surface area contributed by atoms with Crippen LogP contribution in [0.4, 0.5) is 0 Å². The molecule has 1 fully saturated rings. The van der Waals surface area contributed by atoms with E-state index in [9.17, 15) is 0 Å². The van der Waals surface area contributed by atoms with Crippen LogP contribution in [0.15, 0.2) is 0 Å². The second-order valence-corrected chi connectivity index (χ2v) is 2.94. The largest absolute Gasteiger partial charge is 0.301 e. The number of hydrogen-bond acceptors (Lipinski definition) is 1. The summed E-state index contributed by atoms with van der Waals surface area (Å²) in [5.41, 5.74) is 0. The number of nitrogens with zero attached hydrogens (tertiary/aromatic N) is 1. The Bertz CT molecular complexity index is 70.5. The van der Waals surface area contributed by atoms with Crippen molar-refractivity contribution in [1.29, 1.82) is 0 Å². The Hall–Kier alpha value is -0.0400. The molecule has 0 amide bonds. The van der Waals surface area contributed by atoms with Crippen LogP contribution in [0.3, 0.4) is 0 Å². The second-order valence-electron chi connectivity index (χ2n) is 2.94. The fourth-order valence-corrected chi connectivity index (χ4v) is 1.32. The van der Waals surface area contributed by atoms with Crippen molar-refractivity contribution in [3.8, 4) is 0 Å². The van der Waals surface area contributed by atoms with Crippen LogP contribution in [-0.2, 0) is 0 Å². The molecular weight excluding hydrogens is 98.1 g/mol. The van der Waals surface area contributed by atoms with Crippen LogP contribution < -0.4 is 0 Å². The van der Waals surface area contributed by atoms with E-state index in [2.05, 4.69) is 25.8 Å². The first kappa shape index (κ1) is 6.09. The molecule has 0 radical (unpaired) electrons. The van der Waals surface area contributed by atoms with E-state index < -0.39 is 0 Å². The molecule has 1 aliphatic heterocycles. The maximum Gasteiger partial charge on any atom is 0.00672 e. The second kappa shape index (κ2) is 2.06.